The lowest BCUT2D eigenvalue weighted by molar-refractivity contribution is -0.113. The number of benzene rings is 3. The number of hydrogen-bond acceptors (Lipinski definition) is 4. The fourth-order valence-electron chi connectivity index (χ4n) is 2.93. The molecule has 3 nitrogen and oxygen atoms in total. The molecular formula is C23H15BrClNO2S2. The Hall–Kier alpha value is -2.12. The van der Waals surface area contributed by atoms with Crippen LogP contribution in [0.25, 0.3) is 6.08 Å². The number of hydrogen-bond donors (Lipinski definition) is 0. The Labute approximate surface area is 197 Å². The van der Waals surface area contributed by atoms with E-state index in [-0.39, 0.29) is 5.91 Å². The summed E-state index contributed by atoms with van der Waals surface area (Å²) in [6.45, 7) is 0.369. The van der Waals surface area contributed by atoms with Gasteiger partial charge < -0.3 is 4.74 Å². The van der Waals surface area contributed by atoms with Gasteiger partial charge in [0.05, 0.1) is 10.6 Å². The topological polar surface area (TPSA) is 29.5 Å². The number of halogens is 2. The van der Waals surface area contributed by atoms with Gasteiger partial charge >= 0.3 is 0 Å². The molecule has 3 aromatic rings. The van der Waals surface area contributed by atoms with Gasteiger partial charge in [-0.2, -0.15) is 0 Å². The Morgan fingerprint density at radius 1 is 1.07 bits per heavy atom. The van der Waals surface area contributed by atoms with E-state index >= 15 is 0 Å². The SMILES string of the molecule is O=C1C(=Cc2cccc(OCc3ccccc3Cl)c2)SC(=S)N1c1cccc(Br)c1. The molecule has 0 atom stereocenters. The lowest BCUT2D eigenvalue weighted by Gasteiger charge is -2.14. The zero-order valence-corrected chi connectivity index (χ0v) is 19.5. The largest absolute Gasteiger partial charge is 0.489 e. The number of rotatable bonds is 5. The summed E-state index contributed by atoms with van der Waals surface area (Å²) >= 11 is 16.4. The van der Waals surface area contributed by atoms with Gasteiger partial charge in [0.25, 0.3) is 5.91 Å². The van der Waals surface area contributed by atoms with Crippen molar-refractivity contribution in [2.45, 2.75) is 6.61 Å². The van der Waals surface area contributed by atoms with E-state index in [1.54, 1.807) is 4.90 Å². The van der Waals surface area contributed by atoms with E-state index in [0.29, 0.717) is 26.6 Å². The molecule has 1 fully saturated rings. The summed E-state index contributed by atoms with van der Waals surface area (Å²) in [6.07, 6.45) is 1.83. The van der Waals surface area contributed by atoms with Gasteiger partial charge in [-0.15, -0.1) is 0 Å². The van der Waals surface area contributed by atoms with E-state index < -0.39 is 0 Å². The molecule has 0 bridgehead atoms. The first-order valence-corrected chi connectivity index (χ1v) is 11.4. The number of nitrogens with zero attached hydrogens (tertiary/aromatic N) is 1. The molecule has 0 aromatic heterocycles. The maximum Gasteiger partial charge on any atom is 0.270 e. The minimum Gasteiger partial charge on any atom is -0.489 e. The monoisotopic (exact) mass is 515 g/mol. The van der Waals surface area contributed by atoms with Crippen LogP contribution in [0.3, 0.4) is 0 Å². The van der Waals surface area contributed by atoms with Crippen molar-refractivity contribution < 1.29 is 9.53 Å². The van der Waals surface area contributed by atoms with Gasteiger partial charge in [-0.1, -0.05) is 87.9 Å². The first kappa shape index (κ1) is 21.1. The lowest BCUT2D eigenvalue weighted by atomic mass is 10.2. The maximum absolute atomic E-state index is 13.0. The fourth-order valence-corrected chi connectivity index (χ4v) is 4.80. The summed E-state index contributed by atoms with van der Waals surface area (Å²) in [7, 11) is 0. The van der Waals surface area contributed by atoms with Crippen molar-refractivity contribution in [3.8, 4) is 5.75 Å². The number of carbonyl (C=O) groups is 1. The molecule has 7 heteroatoms. The van der Waals surface area contributed by atoms with Gasteiger partial charge in [0.15, 0.2) is 4.32 Å². The molecule has 0 radical (unpaired) electrons. The summed E-state index contributed by atoms with van der Waals surface area (Å²) < 4.78 is 7.28. The van der Waals surface area contributed by atoms with Crippen LogP contribution in [0.2, 0.25) is 5.02 Å². The molecule has 1 amide bonds. The van der Waals surface area contributed by atoms with Crippen LogP contribution in [-0.4, -0.2) is 10.2 Å². The number of thiocarbonyl (C=S) groups is 1. The van der Waals surface area contributed by atoms with Gasteiger partial charge in [0.2, 0.25) is 0 Å². The van der Waals surface area contributed by atoms with E-state index in [1.807, 2.05) is 78.9 Å². The summed E-state index contributed by atoms with van der Waals surface area (Å²) in [5, 5.41) is 0.671. The van der Waals surface area contributed by atoms with Crippen molar-refractivity contribution in [1.29, 1.82) is 0 Å². The van der Waals surface area contributed by atoms with Crippen molar-refractivity contribution in [1.82, 2.24) is 0 Å². The minimum absolute atomic E-state index is 0.134. The van der Waals surface area contributed by atoms with Crippen molar-refractivity contribution in [2.24, 2.45) is 0 Å². The number of thioether (sulfide) groups is 1. The van der Waals surface area contributed by atoms with Gasteiger partial charge in [-0.25, -0.2) is 0 Å². The smallest absolute Gasteiger partial charge is 0.270 e. The fraction of sp³-hybridized carbons (Fsp3) is 0.0435. The van der Waals surface area contributed by atoms with Crippen molar-refractivity contribution >= 4 is 73.5 Å². The van der Waals surface area contributed by atoms with Crippen molar-refractivity contribution in [3.63, 3.8) is 0 Å². The molecule has 0 spiro atoms. The predicted octanol–water partition coefficient (Wildman–Crippen LogP) is 7.09. The van der Waals surface area contributed by atoms with Crippen LogP contribution < -0.4 is 9.64 Å². The first-order valence-electron chi connectivity index (χ1n) is 9.01. The van der Waals surface area contributed by atoms with Crippen LogP contribution in [0.5, 0.6) is 5.75 Å². The molecule has 30 heavy (non-hydrogen) atoms. The predicted molar refractivity (Wildman–Crippen MR) is 132 cm³/mol. The molecule has 0 N–H and O–H groups in total. The Balaban J connectivity index is 1.52. The van der Waals surface area contributed by atoms with Crippen LogP contribution >= 0.6 is 51.5 Å². The quantitative estimate of drug-likeness (QED) is 0.267. The molecule has 150 valence electrons. The molecule has 4 rings (SSSR count). The molecular weight excluding hydrogens is 502 g/mol. The molecule has 0 aliphatic carbocycles. The van der Waals surface area contributed by atoms with E-state index in [4.69, 9.17) is 28.6 Å². The highest BCUT2D eigenvalue weighted by molar-refractivity contribution is 9.10. The van der Waals surface area contributed by atoms with Gasteiger partial charge in [0, 0.05) is 15.1 Å². The maximum atomic E-state index is 13.0. The summed E-state index contributed by atoms with van der Waals surface area (Å²) in [5.41, 5.74) is 2.52. The lowest BCUT2D eigenvalue weighted by Crippen LogP contribution is -2.27. The van der Waals surface area contributed by atoms with E-state index in [9.17, 15) is 4.79 Å². The standard InChI is InChI=1S/C23H15BrClNO2S2/c24-17-7-4-8-18(13-17)26-22(27)21(30-23(26)29)12-15-5-3-9-19(11-15)28-14-16-6-1-2-10-20(16)25/h1-13H,14H2. The number of anilines is 1. The molecule has 1 heterocycles. The Kier molecular flexibility index (Phi) is 6.58. The average molecular weight is 517 g/mol. The molecule has 0 saturated carbocycles. The number of carbonyl (C=O) groups excluding carboxylic acids is 1. The molecule has 1 saturated heterocycles. The third-order valence-corrected chi connectivity index (χ3v) is 6.53. The van der Waals surface area contributed by atoms with Crippen LogP contribution in [0, 0.1) is 0 Å². The second-order valence-electron chi connectivity index (χ2n) is 6.45. The Morgan fingerprint density at radius 3 is 2.67 bits per heavy atom. The molecule has 1 aliphatic heterocycles. The van der Waals surface area contributed by atoms with Gasteiger partial charge in [0.1, 0.15) is 12.4 Å². The zero-order chi connectivity index (χ0) is 21.1. The zero-order valence-electron chi connectivity index (χ0n) is 15.5. The van der Waals surface area contributed by atoms with Crippen LogP contribution in [0.15, 0.2) is 82.2 Å². The third kappa shape index (κ3) is 4.78. The van der Waals surface area contributed by atoms with E-state index in [2.05, 4.69) is 15.9 Å². The summed E-state index contributed by atoms with van der Waals surface area (Å²) in [4.78, 5) is 15.1. The van der Waals surface area contributed by atoms with Crippen molar-refractivity contribution in [2.75, 3.05) is 4.90 Å². The number of ether oxygens (including phenoxy) is 1. The summed E-state index contributed by atoms with van der Waals surface area (Å²) in [6, 6.07) is 22.7. The Morgan fingerprint density at radius 2 is 1.87 bits per heavy atom. The number of amides is 1. The molecule has 3 aromatic carbocycles. The average Bonchev–Trinajstić information content (AvgIpc) is 3.00. The van der Waals surface area contributed by atoms with Crippen molar-refractivity contribution in [3.05, 3.63) is 98.3 Å². The normalized spacial score (nSPS) is 15.1. The second-order valence-corrected chi connectivity index (χ2v) is 9.45. The molecule has 0 unspecified atom stereocenters. The summed E-state index contributed by atoms with van der Waals surface area (Å²) in [5.74, 6) is 0.566. The van der Waals surface area contributed by atoms with Gasteiger partial charge in [-0.3, -0.25) is 9.69 Å². The van der Waals surface area contributed by atoms with Gasteiger partial charge in [-0.05, 0) is 48.0 Å². The highest BCUT2D eigenvalue weighted by Gasteiger charge is 2.33. The molecule has 1 aliphatic rings. The highest BCUT2D eigenvalue weighted by atomic mass is 79.9. The van der Waals surface area contributed by atoms with Crippen LogP contribution in [0.1, 0.15) is 11.1 Å². The minimum atomic E-state index is -0.134. The van der Waals surface area contributed by atoms with Crippen LogP contribution in [-0.2, 0) is 11.4 Å². The first-order chi connectivity index (χ1) is 14.5. The second kappa shape index (κ2) is 9.35. The van der Waals surface area contributed by atoms with E-state index in [0.717, 1.165) is 21.3 Å². The van der Waals surface area contributed by atoms with Crippen LogP contribution in [0.4, 0.5) is 5.69 Å². The third-order valence-electron chi connectivity index (χ3n) is 4.37. The Bertz CT molecular complexity index is 1170. The van der Waals surface area contributed by atoms with E-state index in [1.165, 1.54) is 11.8 Å². The highest BCUT2D eigenvalue weighted by Crippen LogP contribution is 2.37.